The Balaban J connectivity index is 1.75. The number of amides is 1. The lowest BCUT2D eigenvalue weighted by Crippen LogP contribution is -2.34. The number of rotatable bonds is 4. The minimum Gasteiger partial charge on any atom is -0.355 e. The molecule has 1 N–H and O–H groups in total. The van der Waals surface area contributed by atoms with Gasteiger partial charge >= 0.3 is 0 Å². The fourth-order valence-electron chi connectivity index (χ4n) is 2.62. The third-order valence-corrected chi connectivity index (χ3v) is 3.73. The Bertz CT molecular complexity index is 757. The van der Waals surface area contributed by atoms with Crippen molar-refractivity contribution in [2.75, 3.05) is 13.2 Å². The number of ether oxygens (including phenoxy) is 2. The predicted octanol–water partition coefficient (Wildman–Crippen LogP) is 2.67. The summed E-state index contributed by atoms with van der Waals surface area (Å²) in [5, 5.41) is 6.63. The first-order chi connectivity index (χ1) is 11.4. The zero-order valence-corrected chi connectivity index (χ0v) is 13.8. The van der Waals surface area contributed by atoms with E-state index in [0.717, 1.165) is 0 Å². The van der Waals surface area contributed by atoms with Crippen molar-refractivity contribution in [3.05, 3.63) is 41.3 Å². The van der Waals surface area contributed by atoms with Crippen LogP contribution < -0.4 is 5.32 Å². The van der Waals surface area contributed by atoms with Gasteiger partial charge in [0.1, 0.15) is 17.5 Å². The van der Waals surface area contributed by atoms with Gasteiger partial charge in [0, 0.05) is 12.1 Å². The number of hydrogen-bond donors (Lipinski definition) is 1. The van der Waals surface area contributed by atoms with E-state index in [1.807, 2.05) is 13.8 Å². The Kier molecular flexibility index (Phi) is 4.38. The fourth-order valence-corrected chi connectivity index (χ4v) is 2.62. The molecule has 0 radical (unpaired) electrons. The molecule has 3 rings (SSSR count). The van der Waals surface area contributed by atoms with Gasteiger partial charge in [-0.2, -0.15) is 0 Å². The van der Waals surface area contributed by atoms with Gasteiger partial charge in [-0.3, -0.25) is 4.79 Å². The number of aryl methyl sites for hydroxylation is 1. The largest absolute Gasteiger partial charge is 0.355 e. The first-order valence-corrected chi connectivity index (χ1v) is 7.68. The smallest absolute Gasteiger partial charge is 0.257 e. The van der Waals surface area contributed by atoms with Crippen LogP contribution in [0.5, 0.6) is 0 Å². The van der Waals surface area contributed by atoms with Crippen LogP contribution in [0, 0.1) is 12.7 Å². The lowest BCUT2D eigenvalue weighted by molar-refractivity contribution is -0.137. The van der Waals surface area contributed by atoms with Gasteiger partial charge in [0.05, 0.1) is 12.3 Å². The Morgan fingerprint density at radius 2 is 2.25 bits per heavy atom. The van der Waals surface area contributed by atoms with E-state index in [1.54, 1.807) is 19.1 Å². The van der Waals surface area contributed by atoms with E-state index in [1.165, 1.54) is 12.1 Å². The third kappa shape index (κ3) is 3.47. The van der Waals surface area contributed by atoms with E-state index in [9.17, 15) is 9.18 Å². The molecule has 2 aromatic rings. The minimum absolute atomic E-state index is 0.221. The van der Waals surface area contributed by atoms with E-state index < -0.39 is 11.6 Å². The zero-order valence-electron chi connectivity index (χ0n) is 13.8. The third-order valence-electron chi connectivity index (χ3n) is 3.73. The second kappa shape index (κ2) is 6.33. The second-order valence-electron chi connectivity index (χ2n) is 6.14. The maximum atomic E-state index is 13.4. The van der Waals surface area contributed by atoms with Crippen molar-refractivity contribution < 1.29 is 23.2 Å². The Morgan fingerprint density at radius 1 is 1.46 bits per heavy atom. The van der Waals surface area contributed by atoms with Crippen molar-refractivity contribution in [1.29, 1.82) is 0 Å². The number of carbonyl (C=O) groups is 1. The predicted molar refractivity (Wildman–Crippen MR) is 83.9 cm³/mol. The molecular formula is C17H19FN2O4. The molecule has 7 heteroatoms. The number of carbonyl (C=O) groups excluding carboxylic acids is 1. The highest BCUT2D eigenvalue weighted by atomic mass is 19.1. The van der Waals surface area contributed by atoms with Crippen LogP contribution in [0.15, 0.2) is 28.8 Å². The second-order valence-corrected chi connectivity index (χ2v) is 6.14. The molecular weight excluding hydrogens is 315 g/mol. The fraction of sp³-hybridized carbons (Fsp3) is 0.412. The van der Waals surface area contributed by atoms with E-state index in [4.69, 9.17) is 14.0 Å². The summed E-state index contributed by atoms with van der Waals surface area (Å²) in [6.45, 7) is 6.02. The van der Waals surface area contributed by atoms with Gasteiger partial charge < -0.3 is 19.3 Å². The van der Waals surface area contributed by atoms with Crippen molar-refractivity contribution in [3.8, 4) is 11.3 Å². The Hall–Kier alpha value is -2.25. The summed E-state index contributed by atoms with van der Waals surface area (Å²) >= 11 is 0. The summed E-state index contributed by atoms with van der Waals surface area (Å²) in [6, 6.07) is 5.84. The van der Waals surface area contributed by atoms with Crippen molar-refractivity contribution in [2.24, 2.45) is 0 Å². The molecule has 0 aliphatic carbocycles. The SMILES string of the molecule is Cc1noc(-c2cccc(F)c2)c1C(=O)NC[C@H]1COC(C)(C)O1. The molecule has 1 aliphatic heterocycles. The van der Waals surface area contributed by atoms with Crippen LogP contribution in [0.3, 0.4) is 0 Å². The highest BCUT2D eigenvalue weighted by Gasteiger charge is 2.33. The van der Waals surface area contributed by atoms with Crippen LogP contribution in [0.25, 0.3) is 11.3 Å². The molecule has 1 saturated heterocycles. The van der Waals surface area contributed by atoms with Gasteiger partial charge in [-0.25, -0.2) is 4.39 Å². The standard InChI is InChI=1S/C17H19FN2O4/c1-10-14(15(24-20-10)11-5-4-6-12(18)7-11)16(21)19-8-13-9-22-17(2,3)23-13/h4-7,13H,8-9H2,1-3H3,(H,19,21)/t13-/m0/s1. The quantitative estimate of drug-likeness (QED) is 0.930. The maximum Gasteiger partial charge on any atom is 0.257 e. The molecule has 1 fully saturated rings. The van der Waals surface area contributed by atoms with Gasteiger partial charge in [-0.1, -0.05) is 17.3 Å². The van der Waals surface area contributed by atoms with Crippen molar-refractivity contribution >= 4 is 5.91 Å². The zero-order chi connectivity index (χ0) is 17.3. The summed E-state index contributed by atoms with van der Waals surface area (Å²) in [6.07, 6.45) is -0.221. The van der Waals surface area contributed by atoms with Crippen molar-refractivity contribution in [3.63, 3.8) is 0 Å². The Labute approximate surface area is 138 Å². The van der Waals surface area contributed by atoms with Gasteiger partial charge in [0.25, 0.3) is 5.91 Å². The van der Waals surface area contributed by atoms with Crippen LogP contribution in [0.2, 0.25) is 0 Å². The van der Waals surface area contributed by atoms with Gasteiger partial charge in [-0.05, 0) is 32.9 Å². The molecule has 1 aromatic heterocycles. The first-order valence-electron chi connectivity index (χ1n) is 7.68. The van der Waals surface area contributed by atoms with E-state index in [0.29, 0.717) is 30.0 Å². The average Bonchev–Trinajstić information content (AvgIpc) is 3.07. The number of halogens is 1. The number of nitrogens with one attached hydrogen (secondary N) is 1. The minimum atomic E-state index is -0.644. The highest BCUT2D eigenvalue weighted by Crippen LogP contribution is 2.27. The molecule has 0 bridgehead atoms. The molecule has 2 heterocycles. The molecule has 0 spiro atoms. The number of benzene rings is 1. The van der Waals surface area contributed by atoms with Crippen LogP contribution in [-0.2, 0) is 9.47 Å². The van der Waals surface area contributed by atoms with Crippen molar-refractivity contribution in [2.45, 2.75) is 32.7 Å². The molecule has 6 nitrogen and oxygen atoms in total. The molecule has 0 unspecified atom stereocenters. The Morgan fingerprint density at radius 3 is 2.92 bits per heavy atom. The maximum absolute atomic E-state index is 13.4. The van der Waals surface area contributed by atoms with Crippen LogP contribution in [-0.4, -0.2) is 36.1 Å². The van der Waals surface area contributed by atoms with Crippen molar-refractivity contribution in [1.82, 2.24) is 10.5 Å². The van der Waals surface area contributed by atoms with Gasteiger partial charge in [-0.15, -0.1) is 0 Å². The van der Waals surface area contributed by atoms with Crippen LogP contribution in [0.1, 0.15) is 29.9 Å². The molecule has 1 amide bonds. The van der Waals surface area contributed by atoms with Crippen LogP contribution in [0.4, 0.5) is 4.39 Å². The molecule has 24 heavy (non-hydrogen) atoms. The summed E-state index contributed by atoms with van der Waals surface area (Å²) in [7, 11) is 0. The number of aromatic nitrogens is 1. The monoisotopic (exact) mass is 334 g/mol. The lowest BCUT2D eigenvalue weighted by atomic mass is 10.1. The summed E-state index contributed by atoms with van der Waals surface area (Å²) < 4.78 is 29.8. The first kappa shape index (κ1) is 16.6. The highest BCUT2D eigenvalue weighted by molar-refractivity contribution is 6.00. The molecule has 1 atom stereocenters. The van der Waals surface area contributed by atoms with Gasteiger partial charge in [0.15, 0.2) is 11.5 Å². The van der Waals surface area contributed by atoms with Gasteiger partial charge in [0.2, 0.25) is 0 Å². The molecule has 1 aromatic carbocycles. The van der Waals surface area contributed by atoms with E-state index in [-0.39, 0.29) is 17.8 Å². The van der Waals surface area contributed by atoms with Crippen LogP contribution >= 0.6 is 0 Å². The molecule has 0 saturated carbocycles. The molecule has 128 valence electrons. The summed E-state index contributed by atoms with van der Waals surface area (Å²) in [5.74, 6) is -1.16. The summed E-state index contributed by atoms with van der Waals surface area (Å²) in [5.41, 5.74) is 1.19. The number of hydrogen-bond acceptors (Lipinski definition) is 5. The normalized spacial score (nSPS) is 19.4. The lowest BCUT2D eigenvalue weighted by Gasteiger charge is -2.17. The summed E-state index contributed by atoms with van der Waals surface area (Å²) in [4.78, 5) is 12.5. The van der Waals surface area contributed by atoms with E-state index in [2.05, 4.69) is 10.5 Å². The molecule has 1 aliphatic rings. The average molecular weight is 334 g/mol. The topological polar surface area (TPSA) is 73.6 Å². The van der Waals surface area contributed by atoms with E-state index >= 15 is 0 Å². The number of nitrogens with zero attached hydrogens (tertiary/aromatic N) is 1.